The summed E-state index contributed by atoms with van der Waals surface area (Å²) in [6, 6.07) is 40.4. The van der Waals surface area contributed by atoms with E-state index in [2.05, 4.69) is 106 Å². The van der Waals surface area contributed by atoms with E-state index >= 15 is 0 Å². The third kappa shape index (κ3) is 2.64. The van der Waals surface area contributed by atoms with Crippen LogP contribution in [0, 0.1) is 0 Å². The molecule has 0 saturated carbocycles. The maximum Gasteiger partial charge on any atom is 0.165 e. The molecule has 0 aliphatic rings. The highest BCUT2D eigenvalue weighted by Gasteiger charge is 2.16. The Morgan fingerprint density at radius 2 is 1.19 bits per heavy atom. The molecule has 4 nitrogen and oxygen atoms in total. The zero-order valence-corrected chi connectivity index (χ0v) is 19.3. The fourth-order valence-corrected chi connectivity index (χ4v) is 5.55. The molecular weight excluding hydrogens is 440 g/mol. The lowest BCUT2D eigenvalue weighted by Gasteiger charge is -2.12. The molecule has 8 rings (SSSR count). The Hall–Kier alpha value is -4.96. The molecule has 0 fully saturated rings. The number of imidazole rings is 1. The van der Waals surface area contributed by atoms with Crippen molar-refractivity contribution in [3.8, 4) is 16.9 Å². The molecule has 4 heterocycles. The Kier molecular flexibility index (Phi) is 3.91. The van der Waals surface area contributed by atoms with E-state index in [1.165, 1.54) is 21.8 Å². The van der Waals surface area contributed by atoms with Gasteiger partial charge in [-0.1, -0.05) is 78.9 Å². The molecule has 36 heavy (non-hydrogen) atoms. The smallest absolute Gasteiger partial charge is 0.165 e. The third-order valence-electron chi connectivity index (χ3n) is 7.12. The van der Waals surface area contributed by atoms with E-state index in [4.69, 9.17) is 9.97 Å². The van der Waals surface area contributed by atoms with Crippen molar-refractivity contribution < 1.29 is 0 Å². The van der Waals surface area contributed by atoms with E-state index in [1.54, 1.807) is 0 Å². The zero-order valence-electron chi connectivity index (χ0n) is 19.3. The van der Waals surface area contributed by atoms with Crippen molar-refractivity contribution in [2.24, 2.45) is 0 Å². The first kappa shape index (κ1) is 19.4. The molecular formula is C32H20N4. The Bertz CT molecular complexity index is 2060. The number of pyridine rings is 2. The first-order valence-corrected chi connectivity index (χ1v) is 12.1. The second-order valence-electron chi connectivity index (χ2n) is 9.14. The summed E-state index contributed by atoms with van der Waals surface area (Å²) < 4.78 is 4.42. The molecule has 0 unspecified atom stereocenters. The molecule has 0 amide bonds. The summed E-state index contributed by atoms with van der Waals surface area (Å²) >= 11 is 0. The summed E-state index contributed by atoms with van der Waals surface area (Å²) in [6.07, 6.45) is 2.03. The highest BCUT2D eigenvalue weighted by Crippen LogP contribution is 2.36. The van der Waals surface area contributed by atoms with Crippen molar-refractivity contribution in [1.82, 2.24) is 18.9 Å². The minimum atomic E-state index is 0.876. The number of fused-ring (bicyclic) bond motifs is 8. The second kappa shape index (κ2) is 7.27. The third-order valence-corrected chi connectivity index (χ3v) is 7.12. The van der Waals surface area contributed by atoms with Gasteiger partial charge in [-0.05, 0) is 36.4 Å². The fraction of sp³-hybridized carbons (Fsp3) is 0. The van der Waals surface area contributed by atoms with Gasteiger partial charge in [-0.3, -0.25) is 4.40 Å². The van der Waals surface area contributed by atoms with Gasteiger partial charge in [0.25, 0.3) is 0 Å². The first-order valence-electron chi connectivity index (χ1n) is 12.1. The van der Waals surface area contributed by atoms with Crippen LogP contribution >= 0.6 is 0 Å². The van der Waals surface area contributed by atoms with Crippen LogP contribution in [0.5, 0.6) is 0 Å². The summed E-state index contributed by atoms with van der Waals surface area (Å²) in [5.41, 5.74) is 8.28. The van der Waals surface area contributed by atoms with Crippen molar-refractivity contribution in [2.75, 3.05) is 0 Å². The largest absolute Gasteiger partial charge is 0.309 e. The quantitative estimate of drug-likeness (QED) is 0.264. The zero-order chi connectivity index (χ0) is 23.6. The maximum absolute atomic E-state index is 5.20. The van der Waals surface area contributed by atoms with Crippen molar-refractivity contribution in [3.63, 3.8) is 0 Å². The Balaban J connectivity index is 1.44. The van der Waals surface area contributed by atoms with Crippen LogP contribution in [0.1, 0.15) is 0 Å². The maximum atomic E-state index is 5.20. The molecule has 0 N–H and O–H groups in total. The Morgan fingerprint density at radius 1 is 0.528 bits per heavy atom. The molecule has 4 heteroatoms. The number of para-hydroxylation sites is 2. The van der Waals surface area contributed by atoms with E-state index < -0.39 is 0 Å². The number of aromatic nitrogens is 4. The van der Waals surface area contributed by atoms with Crippen LogP contribution in [0.15, 0.2) is 121 Å². The van der Waals surface area contributed by atoms with Gasteiger partial charge < -0.3 is 4.57 Å². The van der Waals surface area contributed by atoms with Gasteiger partial charge >= 0.3 is 0 Å². The number of rotatable bonds is 2. The predicted octanol–water partition coefficient (Wildman–Crippen LogP) is 7.80. The van der Waals surface area contributed by atoms with E-state index in [-0.39, 0.29) is 0 Å². The molecule has 0 radical (unpaired) electrons. The van der Waals surface area contributed by atoms with Crippen LogP contribution in [-0.4, -0.2) is 18.9 Å². The van der Waals surface area contributed by atoms with Crippen LogP contribution < -0.4 is 0 Å². The summed E-state index contributed by atoms with van der Waals surface area (Å²) in [5.74, 6) is 0. The van der Waals surface area contributed by atoms with Gasteiger partial charge in [-0.15, -0.1) is 0 Å². The first-order chi connectivity index (χ1) is 17.9. The van der Waals surface area contributed by atoms with E-state index in [0.29, 0.717) is 0 Å². The lowest BCUT2D eigenvalue weighted by molar-refractivity contribution is 1.17. The van der Waals surface area contributed by atoms with E-state index in [9.17, 15) is 0 Å². The summed E-state index contributed by atoms with van der Waals surface area (Å²) in [4.78, 5) is 10.1. The van der Waals surface area contributed by atoms with Gasteiger partial charge in [0.2, 0.25) is 0 Å². The summed E-state index contributed by atoms with van der Waals surface area (Å²) in [6.45, 7) is 0. The van der Waals surface area contributed by atoms with E-state index in [0.717, 1.165) is 44.5 Å². The topological polar surface area (TPSA) is 35.1 Å². The summed E-state index contributed by atoms with van der Waals surface area (Å²) in [5, 5.41) is 4.74. The molecule has 4 aromatic heterocycles. The molecule has 4 aromatic carbocycles. The minimum absolute atomic E-state index is 0.876. The lowest BCUT2D eigenvalue weighted by Crippen LogP contribution is -1.96. The average molecular weight is 461 g/mol. The van der Waals surface area contributed by atoms with Crippen molar-refractivity contribution in [1.29, 1.82) is 0 Å². The second-order valence-corrected chi connectivity index (χ2v) is 9.14. The van der Waals surface area contributed by atoms with Gasteiger partial charge in [0.1, 0.15) is 11.2 Å². The predicted molar refractivity (Wildman–Crippen MR) is 148 cm³/mol. The van der Waals surface area contributed by atoms with Crippen molar-refractivity contribution >= 4 is 49.4 Å². The monoisotopic (exact) mass is 460 g/mol. The molecule has 8 aromatic rings. The normalized spacial score (nSPS) is 11.9. The molecule has 0 bridgehead atoms. The van der Waals surface area contributed by atoms with Crippen LogP contribution in [0.3, 0.4) is 0 Å². The number of benzene rings is 4. The minimum Gasteiger partial charge on any atom is -0.309 e. The fourth-order valence-electron chi connectivity index (χ4n) is 5.55. The van der Waals surface area contributed by atoms with Gasteiger partial charge in [0.15, 0.2) is 5.65 Å². The highest BCUT2D eigenvalue weighted by molar-refractivity contribution is 6.10. The van der Waals surface area contributed by atoms with Crippen LogP contribution in [0.2, 0.25) is 0 Å². The van der Waals surface area contributed by atoms with Crippen LogP contribution in [-0.2, 0) is 0 Å². The van der Waals surface area contributed by atoms with Crippen molar-refractivity contribution in [3.05, 3.63) is 121 Å². The SMILES string of the molecule is c1cc(-c2nc3c(nc4ccccn43)c3ccccc23)cc(-n2c3ccccc3c3ccccc32)c1. The van der Waals surface area contributed by atoms with Gasteiger partial charge in [0.05, 0.1) is 16.7 Å². The van der Waals surface area contributed by atoms with Gasteiger partial charge in [-0.2, -0.15) is 0 Å². The highest BCUT2D eigenvalue weighted by atomic mass is 15.1. The molecule has 168 valence electrons. The van der Waals surface area contributed by atoms with Gasteiger partial charge in [-0.25, -0.2) is 9.97 Å². The Morgan fingerprint density at radius 3 is 1.97 bits per heavy atom. The average Bonchev–Trinajstić information content (AvgIpc) is 3.49. The van der Waals surface area contributed by atoms with Gasteiger partial charge in [0, 0.05) is 39.0 Å². The molecule has 0 aliphatic heterocycles. The van der Waals surface area contributed by atoms with Crippen molar-refractivity contribution in [2.45, 2.75) is 0 Å². The molecule has 0 saturated heterocycles. The molecule has 0 spiro atoms. The van der Waals surface area contributed by atoms with Crippen LogP contribution in [0.4, 0.5) is 0 Å². The molecule has 0 atom stereocenters. The van der Waals surface area contributed by atoms with E-state index in [1.807, 2.05) is 24.4 Å². The standard InChI is InChI=1S/C32H20N4/c1-2-15-26-25(14-1)30(34-32-31(26)33-29-18-7-8-19-35(29)32)21-10-9-11-22(20-21)36-27-16-5-3-12-23(27)24-13-4-6-17-28(24)36/h1-20H. The lowest BCUT2D eigenvalue weighted by atomic mass is 10.0. The Labute approximate surface area is 206 Å². The molecule has 0 aliphatic carbocycles. The number of hydrogen-bond acceptors (Lipinski definition) is 2. The van der Waals surface area contributed by atoms with Crippen LogP contribution in [0.25, 0.3) is 66.3 Å². The number of hydrogen-bond donors (Lipinski definition) is 0. The number of nitrogens with zero attached hydrogens (tertiary/aromatic N) is 4. The summed E-state index contributed by atoms with van der Waals surface area (Å²) in [7, 11) is 0.